The van der Waals surface area contributed by atoms with Crippen molar-refractivity contribution >= 4 is 29.3 Å². The van der Waals surface area contributed by atoms with Crippen LogP contribution < -0.4 is 15.4 Å². The number of aryl methyl sites for hydroxylation is 2. The standard InChI is InChI=1S/C26H26N2O3/c1-4-31-24-16-10-7-13-20(24)17-21(25(29)27-22-14-8-5-11-18(22)2)26(30)28-23-15-9-6-12-19(23)3/h5-17H,4H2,1-3H3,(H,27,29)(H,28,30). The Balaban J connectivity index is 1.99. The first-order chi connectivity index (χ1) is 15.0. The van der Waals surface area contributed by atoms with E-state index < -0.39 is 11.8 Å². The van der Waals surface area contributed by atoms with Crippen molar-refractivity contribution in [1.82, 2.24) is 0 Å². The summed E-state index contributed by atoms with van der Waals surface area (Å²) in [5.74, 6) is -0.381. The van der Waals surface area contributed by atoms with Gasteiger partial charge in [-0.2, -0.15) is 0 Å². The van der Waals surface area contributed by atoms with E-state index in [1.165, 1.54) is 0 Å². The van der Waals surface area contributed by atoms with Gasteiger partial charge in [-0.3, -0.25) is 9.59 Å². The van der Waals surface area contributed by atoms with Crippen LogP contribution in [0.15, 0.2) is 78.4 Å². The molecule has 0 heterocycles. The van der Waals surface area contributed by atoms with Crippen LogP contribution in [-0.2, 0) is 9.59 Å². The van der Waals surface area contributed by atoms with Crippen molar-refractivity contribution in [2.45, 2.75) is 20.8 Å². The van der Waals surface area contributed by atoms with Gasteiger partial charge in [0.15, 0.2) is 0 Å². The highest BCUT2D eigenvalue weighted by atomic mass is 16.5. The number of ether oxygens (including phenoxy) is 1. The van der Waals surface area contributed by atoms with Crippen LogP contribution in [0.2, 0.25) is 0 Å². The maximum absolute atomic E-state index is 13.2. The zero-order valence-corrected chi connectivity index (χ0v) is 17.9. The molecule has 0 fully saturated rings. The molecule has 0 unspecified atom stereocenters. The van der Waals surface area contributed by atoms with E-state index in [-0.39, 0.29) is 5.57 Å². The van der Waals surface area contributed by atoms with E-state index in [0.717, 1.165) is 11.1 Å². The van der Waals surface area contributed by atoms with Gasteiger partial charge in [0.2, 0.25) is 0 Å². The number of amides is 2. The molecule has 0 aliphatic heterocycles. The number of carbonyl (C=O) groups is 2. The zero-order valence-electron chi connectivity index (χ0n) is 17.9. The van der Waals surface area contributed by atoms with Crippen molar-refractivity contribution in [3.63, 3.8) is 0 Å². The Bertz CT molecular complexity index is 1060. The number of carbonyl (C=O) groups excluding carboxylic acids is 2. The van der Waals surface area contributed by atoms with E-state index in [4.69, 9.17) is 4.74 Å². The van der Waals surface area contributed by atoms with E-state index >= 15 is 0 Å². The summed E-state index contributed by atoms with van der Waals surface area (Å²) >= 11 is 0. The third kappa shape index (κ3) is 5.60. The quantitative estimate of drug-likeness (QED) is 0.311. The summed E-state index contributed by atoms with van der Waals surface area (Å²) in [6.45, 7) is 6.16. The molecule has 0 atom stereocenters. The topological polar surface area (TPSA) is 67.4 Å². The molecular weight excluding hydrogens is 388 g/mol. The summed E-state index contributed by atoms with van der Waals surface area (Å²) in [4.78, 5) is 26.3. The average Bonchev–Trinajstić information content (AvgIpc) is 2.76. The lowest BCUT2D eigenvalue weighted by Crippen LogP contribution is -2.26. The minimum atomic E-state index is -0.494. The molecule has 0 aliphatic rings. The minimum absolute atomic E-state index is 0.0151. The molecule has 158 valence electrons. The zero-order chi connectivity index (χ0) is 22.2. The van der Waals surface area contributed by atoms with Crippen molar-refractivity contribution in [3.8, 4) is 5.75 Å². The molecule has 3 aromatic rings. The highest BCUT2D eigenvalue weighted by Gasteiger charge is 2.21. The van der Waals surface area contributed by atoms with Gasteiger partial charge in [-0.25, -0.2) is 0 Å². The van der Waals surface area contributed by atoms with Crippen LogP contribution in [0.25, 0.3) is 6.08 Å². The fourth-order valence-electron chi connectivity index (χ4n) is 3.08. The lowest BCUT2D eigenvalue weighted by molar-refractivity contribution is -0.118. The van der Waals surface area contributed by atoms with Crippen LogP contribution in [0.1, 0.15) is 23.6 Å². The molecule has 31 heavy (non-hydrogen) atoms. The fourth-order valence-corrected chi connectivity index (χ4v) is 3.08. The Labute approximate surface area is 182 Å². The van der Waals surface area contributed by atoms with Crippen molar-refractivity contribution in [3.05, 3.63) is 95.1 Å². The predicted molar refractivity (Wildman–Crippen MR) is 125 cm³/mol. The van der Waals surface area contributed by atoms with Gasteiger partial charge in [0.25, 0.3) is 11.8 Å². The minimum Gasteiger partial charge on any atom is -0.493 e. The van der Waals surface area contributed by atoms with Gasteiger partial charge in [0, 0.05) is 16.9 Å². The van der Waals surface area contributed by atoms with Crippen LogP contribution in [0.5, 0.6) is 5.75 Å². The third-order valence-electron chi connectivity index (χ3n) is 4.79. The first kappa shape index (κ1) is 21.8. The maximum atomic E-state index is 13.2. The van der Waals surface area contributed by atoms with Gasteiger partial charge < -0.3 is 15.4 Å². The second-order valence-corrected chi connectivity index (χ2v) is 7.07. The summed E-state index contributed by atoms with van der Waals surface area (Å²) in [5.41, 5.74) is 3.76. The second kappa shape index (κ2) is 10.3. The highest BCUT2D eigenvalue weighted by Crippen LogP contribution is 2.23. The number of hydrogen-bond acceptors (Lipinski definition) is 3. The molecule has 5 nitrogen and oxygen atoms in total. The molecule has 3 rings (SSSR count). The Morgan fingerprint density at radius 3 is 1.77 bits per heavy atom. The number of para-hydroxylation sites is 3. The largest absolute Gasteiger partial charge is 0.493 e. The first-order valence-corrected chi connectivity index (χ1v) is 10.2. The number of hydrogen-bond donors (Lipinski definition) is 2. The molecule has 2 amide bonds. The monoisotopic (exact) mass is 414 g/mol. The normalized spacial score (nSPS) is 10.2. The van der Waals surface area contributed by atoms with Crippen molar-refractivity contribution in [2.75, 3.05) is 17.2 Å². The number of nitrogens with one attached hydrogen (secondary N) is 2. The third-order valence-corrected chi connectivity index (χ3v) is 4.79. The van der Waals surface area contributed by atoms with Gasteiger partial charge in [-0.15, -0.1) is 0 Å². The molecule has 0 saturated heterocycles. The highest BCUT2D eigenvalue weighted by molar-refractivity contribution is 6.29. The van der Waals surface area contributed by atoms with Crippen LogP contribution >= 0.6 is 0 Å². The molecule has 0 radical (unpaired) electrons. The van der Waals surface area contributed by atoms with Crippen molar-refractivity contribution in [2.24, 2.45) is 0 Å². The van der Waals surface area contributed by atoms with Gasteiger partial charge in [0.1, 0.15) is 11.3 Å². The van der Waals surface area contributed by atoms with E-state index in [0.29, 0.717) is 29.3 Å². The summed E-state index contributed by atoms with van der Waals surface area (Å²) in [6.07, 6.45) is 1.56. The van der Waals surface area contributed by atoms with Crippen molar-refractivity contribution < 1.29 is 14.3 Å². The lowest BCUT2D eigenvalue weighted by atomic mass is 10.1. The van der Waals surface area contributed by atoms with Crippen LogP contribution in [0.3, 0.4) is 0 Å². The lowest BCUT2D eigenvalue weighted by Gasteiger charge is -2.14. The Morgan fingerprint density at radius 2 is 1.26 bits per heavy atom. The fraction of sp³-hybridized carbons (Fsp3) is 0.154. The van der Waals surface area contributed by atoms with Gasteiger partial charge >= 0.3 is 0 Å². The molecule has 0 spiro atoms. The Hall–Kier alpha value is -3.86. The molecule has 5 heteroatoms. The number of rotatable bonds is 7. The molecule has 0 bridgehead atoms. The molecular formula is C26H26N2O3. The Morgan fingerprint density at radius 1 is 0.774 bits per heavy atom. The van der Waals surface area contributed by atoms with E-state index in [9.17, 15) is 9.59 Å². The molecule has 2 N–H and O–H groups in total. The van der Waals surface area contributed by atoms with Crippen LogP contribution in [0, 0.1) is 13.8 Å². The van der Waals surface area contributed by atoms with Gasteiger partial charge in [0.05, 0.1) is 6.61 Å². The summed E-state index contributed by atoms with van der Waals surface area (Å²) in [7, 11) is 0. The molecule has 0 saturated carbocycles. The summed E-state index contributed by atoms with van der Waals surface area (Å²) in [6, 6.07) is 22.2. The molecule has 0 aliphatic carbocycles. The SMILES string of the molecule is CCOc1ccccc1C=C(C(=O)Nc1ccccc1C)C(=O)Nc1ccccc1C. The van der Waals surface area contributed by atoms with Gasteiger partial charge in [-0.1, -0.05) is 54.6 Å². The maximum Gasteiger partial charge on any atom is 0.261 e. The van der Waals surface area contributed by atoms with E-state index in [1.54, 1.807) is 18.2 Å². The Kier molecular flexibility index (Phi) is 7.22. The molecule has 0 aromatic heterocycles. The van der Waals surface area contributed by atoms with Crippen LogP contribution in [-0.4, -0.2) is 18.4 Å². The van der Waals surface area contributed by atoms with Crippen LogP contribution in [0.4, 0.5) is 11.4 Å². The number of anilines is 2. The second-order valence-electron chi connectivity index (χ2n) is 7.07. The van der Waals surface area contributed by atoms with E-state index in [1.807, 2.05) is 81.4 Å². The van der Waals surface area contributed by atoms with Gasteiger partial charge in [-0.05, 0) is 56.2 Å². The molecule has 3 aromatic carbocycles. The predicted octanol–water partition coefficient (Wildman–Crippen LogP) is 5.36. The average molecular weight is 415 g/mol. The first-order valence-electron chi connectivity index (χ1n) is 10.2. The summed E-state index contributed by atoms with van der Waals surface area (Å²) < 4.78 is 5.66. The van der Waals surface area contributed by atoms with Crippen molar-refractivity contribution in [1.29, 1.82) is 0 Å². The smallest absolute Gasteiger partial charge is 0.261 e. The summed E-state index contributed by atoms with van der Waals surface area (Å²) in [5, 5.41) is 5.71. The van der Waals surface area contributed by atoms with E-state index in [2.05, 4.69) is 10.6 Å². The number of benzene rings is 3.